The summed E-state index contributed by atoms with van der Waals surface area (Å²) in [4.78, 5) is 15.8. The summed E-state index contributed by atoms with van der Waals surface area (Å²) in [6.45, 7) is 4.04. The zero-order valence-corrected chi connectivity index (χ0v) is 8.71. The van der Waals surface area contributed by atoms with E-state index in [-0.39, 0.29) is 5.92 Å². The van der Waals surface area contributed by atoms with Crippen molar-refractivity contribution in [1.82, 2.24) is 4.98 Å². The molecule has 1 fully saturated rings. The minimum absolute atomic E-state index is 0.127. The van der Waals surface area contributed by atoms with Gasteiger partial charge >= 0.3 is 0 Å². The molecule has 1 saturated carbocycles. The van der Waals surface area contributed by atoms with E-state index in [0.29, 0.717) is 5.78 Å². The van der Waals surface area contributed by atoms with E-state index >= 15 is 0 Å². The van der Waals surface area contributed by atoms with Gasteiger partial charge in [0.25, 0.3) is 0 Å². The van der Waals surface area contributed by atoms with Gasteiger partial charge in [0, 0.05) is 24.2 Å². The van der Waals surface area contributed by atoms with Crippen molar-refractivity contribution in [3.05, 3.63) is 29.1 Å². The number of nitrogens with zero attached hydrogens (tertiary/aromatic N) is 1. The number of ketones is 1. The number of Topliss-reactive ketones (excluding diaryl/α,β-unsaturated/α-hetero) is 1. The second kappa shape index (κ2) is 3.52. The normalized spacial score (nSPS) is 21.6. The standard InChI is InChI=1S/C12H15NO/c1-8-6-10(7-13-9(8)2)11-4-3-5-12(11)14/h6-7,11H,3-5H2,1-2H3. The van der Waals surface area contributed by atoms with E-state index in [9.17, 15) is 4.79 Å². The van der Waals surface area contributed by atoms with Crippen LogP contribution in [0.5, 0.6) is 0 Å². The summed E-state index contributed by atoms with van der Waals surface area (Å²) in [7, 11) is 0. The van der Waals surface area contributed by atoms with Crippen LogP contribution in [0.3, 0.4) is 0 Å². The maximum Gasteiger partial charge on any atom is 0.140 e. The van der Waals surface area contributed by atoms with E-state index < -0.39 is 0 Å². The van der Waals surface area contributed by atoms with Crippen LogP contribution in [0.25, 0.3) is 0 Å². The van der Waals surface area contributed by atoms with Crippen LogP contribution in [0.2, 0.25) is 0 Å². The molecular formula is C12H15NO. The van der Waals surface area contributed by atoms with Gasteiger partial charge in [-0.15, -0.1) is 0 Å². The van der Waals surface area contributed by atoms with Gasteiger partial charge in [0.1, 0.15) is 5.78 Å². The second-order valence-corrected chi connectivity index (χ2v) is 4.08. The molecule has 2 nitrogen and oxygen atoms in total. The Labute approximate surface area is 84.4 Å². The first-order valence-corrected chi connectivity index (χ1v) is 5.14. The summed E-state index contributed by atoms with van der Waals surface area (Å²) in [6, 6.07) is 2.11. The number of rotatable bonds is 1. The first-order chi connectivity index (χ1) is 6.68. The van der Waals surface area contributed by atoms with Gasteiger partial charge in [0.15, 0.2) is 0 Å². The number of aromatic nitrogens is 1. The largest absolute Gasteiger partial charge is 0.299 e. The summed E-state index contributed by atoms with van der Waals surface area (Å²) in [5.41, 5.74) is 3.34. The quantitative estimate of drug-likeness (QED) is 0.679. The molecule has 1 aromatic heterocycles. The van der Waals surface area contributed by atoms with Crippen LogP contribution >= 0.6 is 0 Å². The highest BCUT2D eigenvalue weighted by Gasteiger charge is 2.26. The van der Waals surface area contributed by atoms with Crippen molar-refractivity contribution in [1.29, 1.82) is 0 Å². The number of hydrogen-bond donors (Lipinski definition) is 0. The fourth-order valence-corrected chi connectivity index (χ4v) is 2.02. The maximum absolute atomic E-state index is 11.5. The van der Waals surface area contributed by atoms with Gasteiger partial charge in [0.2, 0.25) is 0 Å². The van der Waals surface area contributed by atoms with Crippen molar-refractivity contribution in [2.24, 2.45) is 0 Å². The van der Waals surface area contributed by atoms with Crippen molar-refractivity contribution >= 4 is 5.78 Å². The third kappa shape index (κ3) is 1.57. The van der Waals surface area contributed by atoms with E-state index in [1.807, 2.05) is 20.0 Å². The predicted octanol–water partition coefficient (Wildman–Crippen LogP) is 2.54. The molecule has 0 N–H and O–H groups in total. The molecule has 0 saturated heterocycles. The highest BCUT2D eigenvalue weighted by Crippen LogP contribution is 2.31. The summed E-state index contributed by atoms with van der Waals surface area (Å²) < 4.78 is 0. The Kier molecular flexibility index (Phi) is 2.36. The van der Waals surface area contributed by atoms with Gasteiger partial charge in [-0.25, -0.2) is 0 Å². The van der Waals surface area contributed by atoms with E-state index in [1.165, 1.54) is 5.56 Å². The Hall–Kier alpha value is -1.18. The molecule has 0 aromatic carbocycles. The molecule has 1 unspecified atom stereocenters. The van der Waals surface area contributed by atoms with Crippen molar-refractivity contribution in [3.8, 4) is 0 Å². The lowest BCUT2D eigenvalue weighted by Crippen LogP contribution is -2.05. The molecule has 1 aliphatic rings. The molecule has 2 rings (SSSR count). The van der Waals surface area contributed by atoms with Gasteiger partial charge in [-0.1, -0.05) is 6.07 Å². The van der Waals surface area contributed by atoms with E-state index in [2.05, 4.69) is 11.1 Å². The topological polar surface area (TPSA) is 30.0 Å². The highest BCUT2D eigenvalue weighted by atomic mass is 16.1. The SMILES string of the molecule is Cc1cc(C2CCCC2=O)cnc1C. The summed E-state index contributed by atoms with van der Waals surface area (Å²) in [5.74, 6) is 0.511. The molecule has 14 heavy (non-hydrogen) atoms. The zero-order chi connectivity index (χ0) is 10.1. The molecule has 1 aliphatic carbocycles. The van der Waals surface area contributed by atoms with Crippen molar-refractivity contribution < 1.29 is 4.79 Å². The van der Waals surface area contributed by atoms with E-state index in [1.54, 1.807) is 0 Å². The molecule has 0 radical (unpaired) electrons. The Morgan fingerprint density at radius 2 is 2.21 bits per heavy atom. The third-order valence-corrected chi connectivity index (χ3v) is 3.07. The van der Waals surface area contributed by atoms with Crippen molar-refractivity contribution in [2.75, 3.05) is 0 Å². The van der Waals surface area contributed by atoms with Crippen LogP contribution < -0.4 is 0 Å². The molecule has 0 aliphatic heterocycles. The first-order valence-electron chi connectivity index (χ1n) is 5.14. The Bertz CT molecular complexity index is 371. The summed E-state index contributed by atoms with van der Waals surface area (Å²) >= 11 is 0. The lowest BCUT2D eigenvalue weighted by molar-refractivity contribution is -0.118. The highest BCUT2D eigenvalue weighted by molar-refractivity contribution is 5.87. The fourth-order valence-electron chi connectivity index (χ4n) is 2.02. The molecule has 0 bridgehead atoms. The van der Waals surface area contributed by atoms with Gasteiger partial charge < -0.3 is 0 Å². The number of carbonyl (C=O) groups excluding carboxylic acids is 1. The minimum Gasteiger partial charge on any atom is -0.299 e. The average molecular weight is 189 g/mol. The lowest BCUT2D eigenvalue weighted by Gasteiger charge is -2.09. The van der Waals surface area contributed by atoms with E-state index in [0.717, 1.165) is 30.5 Å². The van der Waals surface area contributed by atoms with Crippen molar-refractivity contribution in [2.45, 2.75) is 39.0 Å². The smallest absolute Gasteiger partial charge is 0.140 e. The maximum atomic E-state index is 11.5. The first kappa shape index (κ1) is 9.38. The number of carbonyl (C=O) groups is 1. The van der Waals surface area contributed by atoms with Gasteiger partial charge in [0.05, 0.1) is 0 Å². The lowest BCUT2D eigenvalue weighted by atomic mass is 9.97. The summed E-state index contributed by atoms with van der Waals surface area (Å²) in [5, 5.41) is 0. The Balaban J connectivity index is 2.32. The number of pyridine rings is 1. The number of hydrogen-bond acceptors (Lipinski definition) is 2. The minimum atomic E-state index is 0.127. The van der Waals surface area contributed by atoms with Crippen LogP contribution in [-0.2, 0) is 4.79 Å². The van der Waals surface area contributed by atoms with Crippen LogP contribution in [-0.4, -0.2) is 10.8 Å². The molecule has 0 amide bonds. The zero-order valence-electron chi connectivity index (χ0n) is 8.71. The predicted molar refractivity (Wildman–Crippen MR) is 55.3 cm³/mol. The van der Waals surface area contributed by atoms with Gasteiger partial charge in [-0.3, -0.25) is 9.78 Å². The van der Waals surface area contributed by atoms with Crippen LogP contribution in [0, 0.1) is 13.8 Å². The average Bonchev–Trinajstić information content (AvgIpc) is 2.57. The molecule has 1 aromatic rings. The van der Waals surface area contributed by atoms with Crippen LogP contribution in [0.1, 0.15) is 42.0 Å². The molecule has 1 heterocycles. The molecule has 0 spiro atoms. The molecule has 1 atom stereocenters. The van der Waals surface area contributed by atoms with Crippen molar-refractivity contribution in [3.63, 3.8) is 0 Å². The number of aryl methyl sites for hydroxylation is 2. The molecule has 2 heteroatoms. The molecular weight excluding hydrogens is 174 g/mol. The van der Waals surface area contributed by atoms with E-state index in [4.69, 9.17) is 0 Å². The van der Waals surface area contributed by atoms with Crippen LogP contribution in [0.4, 0.5) is 0 Å². The molecule has 74 valence electrons. The second-order valence-electron chi connectivity index (χ2n) is 4.08. The van der Waals surface area contributed by atoms with Gasteiger partial charge in [-0.2, -0.15) is 0 Å². The Morgan fingerprint density at radius 3 is 2.79 bits per heavy atom. The third-order valence-electron chi connectivity index (χ3n) is 3.07. The van der Waals surface area contributed by atoms with Crippen LogP contribution in [0.15, 0.2) is 12.3 Å². The monoisotopic (exact) mass is 189 g/mol. The van der Waals surface area contributed by atoms with Gasteiger partial charge in [-0.05, 0) is 37.8 Å². The Morgan fingerprint density at radius 1 is 1.43 bits per heavy atom. The summed E-state index contributed by atoms with van der Waals surface area (Å²) in [6.07, 6.45) is 4.65. The fraction of sp³-hybridized carbons (Fsp3) is 0.500.